The molecular formula is C8H9Br3ClNO. The lowest BCUT2D eigenvalue weighted by Gasteiger charge is -2.13. The molecule has 1 rings (SSSR count). The second kappa shape index (κ2) is 5.70. The molecule has 0 unspecified atom stereocenters. The molecule has 1 aromatic carbocycles. The van der Waals surface area contributed by atoms with E-state index in [9.17, 15) is 5.11 Å². The van der Waals surface area contributed by atoms with Gasteiger partial charge in [-0.25, -0.2) is 0 Å². The predicted octanol–water partition coefficient (Wildman–Crippen LogP) is 4.12. The van der Waals surface area contributed by atoms with Crippen LogP contribution in [0.3, 0.4) is 0 Å². The van der Waals surface area contributed by atoms with E-state index in [2.05, 4.69) is 47.8 Å². The van der Waals surface area contributed by atoms with Crippen LogP contribution in [0, 0.1) is 0 Å². The molecule has 0 radical (unpaired) electrons. The van der Waals surface area contributed by atoms with Crippen LogP contribution in [0.15, 0.2) is 19.5 Å². The maximum Gasteiger partial charge on any atom is 0.144 e. The molecule has 1 atom stereocenters. The summed E-state index contributed by atoms with van der Waals surface area (Å²) in [5, 5.41) is 9.59. The highest BCUT2D eigenvalue weighted by atomic mass is 79.9. The van der Waals surface area contributed by atoms with E-state index in [-0.39, 0.29) is 24.2 Å². The molecule has 0 amide bonds. The van der Waals surface area contributed by atoms with Gasteiger partial charge in [0.25, 0.3) is 0 Å². The number of nitrogens with two attached hydrogens (primary N) is 1. The first kappa shape index (κ1) is 14.7. The predicted molar refractivity (Wildman–Crippen MR) is 71.1 cm³/mol. The zero-order chi connectivity index (χ0) is 10.2. The van der Waals surface area contributed by atoms with Gasteiger partial charge in [-0.1, -0.05) is 15.9 Å². The van der Waals surface area contributed by atoms with Gasteiger partial charge in [-0.2, -0.15) is 0 Å². The number of rotatable bonds is 1. The summed E-state index contributed by atoms with van der Waals surface area (Å²) in [7, 11) is 0. The molecule has 14 heavy (non-hydrogen) atoms. The summed E-state index contributed by atoms with van der Waals surface area (Å²) in [6, 6.07) is 1.64. The fourth-order valence-electron chi connectivity index (χ4n) is 1.01. The Hall–Kier alpha value is 0.710. The van der Waals surface area contributed by atoms with E-state index >= 15 is 0 Å². The summed E-state index contributed by atoms with van der Waals surface area (Å²) in [6.45, 7) is 1.86. The summed E-state index contributed by atoms with van der Waals surface area (Å²) in [6.07, 6.45) is 0. The van der Waals surface area contributed by atoms with Gasteiger partial charge >= 0.3 is 0 Å². The molecule has 0 heterocycles. The van der Waals surface area contributed by atoms with Crippen LogP contribution in [0.25, 0.3) is 0 Å². The monoisotopic (exact) mass is 407 g/mol. The maximum atomic E-state index is 9.59. The summed E-state index contributed by atoms with van der Waals surface area (Å²) in [4.78, 5) is 0. The van der Waals surface area contributed by atoms with Crippen LogP contribution in [0.5, 0.6) is 5.75 Å². The Bertz CT molecular complexity index is 344. The van der Waals surface area contributed by atoms with Crippen molar-refractivity contribution in [3.05, 3.63) is 25.0 Å². The Morgan fingerprint density at radius 1 is 1.29 bits per heavy atom. The number of aromatic hydroxyl groups is 1. The van der Waals surface area contributed by atoms with Crippen LogP contribution in [0.1, 0.15) is 18.5 Å². The number of phenolic OH excluding ortho intramolecular Hbond substituents is 1. The molecule has 0 aliphatic rings. The van der Waals surface area contributed by atoms with Gasteiger partial charge in [0.05, 0.1) is 8.95 Å². The van der Waals surface area contributed by atoms with Crippen molar-refractivity contribution >= 4 is 60.2 Å². The number of hydrogen-bond acceptors (Lipinski definition) is 2. The first-order valence-electron chi connectivity index (χ1n) is 3.57. The fraction of sp³-hybridized carbons (Fsp3) is 0.250. The van der Waals surface area contributed by atoms with E-state index in [0.29, 0.717) is 8.95 Å². The van der Waals surface area contributed by atoms with Crippen LogP contribution < -0.4 is 5.73 Å². The van der Waals surface area contributed by atoms with E-state index in [1.807, 2.05) is 6.92 Å². The highest BCUT2D eigenvalue weighted by Gasteiger charge is 2.15. The summed E-state index contributed by atoms with van der Waals surface area (Å²) in [5.41, 5.74) is 6.61. The highest BCUT2D eigenvalue weighted by Crippen LogP contribution is 2.41. The van der Waals surface area contributed by atoms with Crippen molar-refractivity contribution in [1.82, 2.24) is 0 Å². The van der Waals surface area contributed by atoms with Crippen LogP contribution in [-0.2, 0) is 0 Å². The molecular weight excluding hydrogens is 401 g/mol. The topological polar surface area (TPSA) is 46.2 Å². The standard InChI is InChI=1S/C8H8Br3NO.ClH/c1-3(12)6-4(9)2-5(10)8(13)7(6)11;/h2-3,13H,12H2,1H3;1H/t3-;/m1./s1. The maximum absolute atomic E-state index is 9.59. The van der Waals surface area contributed by atoms with E-state index in [1.54, 1.807) is 6.07 Å². The lowest BCUT2D eigenvalue weighted by molar-refractivity contribution is 0.466. The van der Waals surface area contributed by atoms with Crippen LogP contribution in [0.2, 0.25) is 0 Å². The Kier molecular flexibility index (Phi) is 5.99. The van der Waals surface area contributed by atoms with Gasteiger partial charge in [0.2, 0.25) is 0 Å². The SMILES string of the molecule is C[C@@H](N)c1c(Br)cc(Br)c(O)c1Br.Cl. The van der Waals surface area contributed by atoms with E-state index < -0.39 is 0 Å². The number of halogens is 4. The van der Waals surface area contributed by atoms with E-state index in [4.69, 9.17) is 5.73 Å². The minimum absolute atomic E-state index is 0. The van der Waals surface area contributed by atoms with Gasteiger partial charge in [-0.05, 0) is 44.8 Å². The van der Waals surface area contributed by atoms with Crippen molar-refractivity contribution in [2.24, 2.45) is 5.73 Å². The molecule has 0 fully saturated rings. The average molecular weight is 410 g/mol. The molecule has 0 aliphatic heterocycles. The van der Waals surface area contributed by atoms with Crippen molar-refractivity contribution < 1.29 is 5.11 Å². The molecule has 1 aromatic rings. The molecule has 80 valence electrons. The second-order valence-corrected chi connectivity index (χ2v) is 5.21. The molecule has 6 heteroatoms. The third kappa shape index (κ3) is 2.85. The molecule has 0 spiro atoms. The Balaban J connectivity index is 0.00000169. The molecule has 2 nitrogen and oxygen atoms in total. The number of hydrogen-bond donors (Lipinski definition) is 2. The highest BCUT2D eigenvalue weighted by molar-refractivity contribution is 9.11. The zero-order valence-electron chi connectivity index (χ0n) is 7.22. The average Bonchev–Trinajstić information content (AvgIpc) is 1.99. The minimum Gasteiger partial charge on any atom is -0.506 e. The Morgan fingerprint density at radius 2 is 1.79 bits per heavy atom. The second-order valence-electron chi connectivity index (χ2n) is 2.71. The van der Waals surface area contributed by atoms with Crippen LogP contribution in [0.4, 0.5) is 0 Å². The third-order valence-electron chi connectivity index (χ3n) is 1.64. The first-order chi connectivity index (χ1) is 5.95. The molecule has 0 aliphatic carbocycles. The van der Waals surface area contributed by atoms with Crippen LogP contribution >= 0.6 is 60.2 Å². The molecule has 0 saturated carbocycles. The van der Waals surface area contributed by atoms with Gasteiger partial charge in [0.1, 0.15) is 5.75 Å². The van der Waals surface area contributed by atoms with Crippen molar-refractivity contribution in [1.29, 1.82) is 0 Å². The van der Waals surface area contributed by atoms with Gasteiger partial charge < -0.3 is 10.8 Å². The van der Waals surface area contributed by atoms with E-state index in [0.717, 1.165) is 10.0 Å². The Labute approximate surface area is 114 Å². The fourth-order valence-corrected chi connectivity index (χ4v) is 3.85. The van der Waals surface area contributed by atoms with Gasteiger partial charge in [0, 0.05) is 16.1 Å². The molecule has 0 bridgehead atoms. The lowest BCUT2D eigenvalue weighted by atomic mass is 10.1. The van der Waals surface area contributed by atoms with Crippen molar-refractivity contribution in [2.45, 2.75) is 13.0 Å². The Morgan fingerprint density at radius 3 is 2.21 bits per heavy atom. The summed E-state index contributed by atoms with van der Waals surface area (Å²) < 4.78 is 2.14. The van der Waals surface area contributed by atoms with Gasteiger partial charge in [0.15, 0.2) is 0 Å². The molecule has 0 saturated heterocycles. The number of phenols is 1. The summed E-state index contributed by atoms with van der Waals surface area (Å²) >= 11 is 9.90. The molecule has 3 N–H and O–H groups in total. The summed E-state index contributed by atoms with van der Waals surface area (Å²) in [5.74, 6) is 0.176. The van der Waals surface area contributed by atoms with Gasteiger partial charge in [-0.15, -0.1) is 12.4 Å². The first-order valence-corrected chi connectivity index (χ1v) is 5.95. The zero-order valence-corrected chi connectivity index (χ0v) is 12.8. The van der Waals surface area contributed by atoms with Crippen LogP contribution in [-0.4, -0.2) is 5.11 Å². The van der Waals surface area contributed by atoms with Crippen molar-refractivity contribution in [2.75, 3.05) is 0 Å². The van der Waals surface area contributed by atoms with Crippen molar-refractivity contribution in [3.8, 4) is 5.75 Å². The van der Waals surface area contributed by atoms with E-state index in [1.165, 1.54) is 0 Å². The lowest BCUT2D eigenvalue weighted by Crippen LogP contribution is -2.06. The quantitative estimate of drug-likeness (QED) is 0.732. The third-order valence-corrected chi connectivity index (χ3v) is 3.70. The smallest absolute Gasteiger partial charge is 0.144 e. The number of benzene rings is 1. The molecule has 0 aromatic heterocycles. The van der Waals surface area contributed by atoms with Gasteiger partial charge in [-0.3, -0.25) is 0 Å². The minimum atomic E-state index is -0.136. The van der Waals surface area contributed by atoms with Crippen molar-refractivity contribution in [3.63, 3.8) is 0 Å². The largest absolute Gasteiger partial charge is 0.506 e. The normalized spacial score (nSPS) is 12.1.